The van der Waals surface area contributed by atoms with E-state index in [1.54, 1.807) is 13.0 Å². The Morgan fingerprint density at radius 1 is 1.25 bits per heavy atom. The van der Waals surface area contributed by atoms with Gasteiger partial charge in [-0.2, -0.15) is 0 Å². The highest BCUT2D eigenvalue weighted by molar-refractivity contribution is 8.00. The average Bonchev–Trinajstić information content (AvgIpc) is 2.98. The Morgan fingerprint density at radius 3 is 2.60 bits per heavy atom. The Hall–Kier alpha value is -1.59. The summed E-state index contributed by atoms with van der Waals surface area (Å²) in [5, 5.41) is 0. The molecule has 1 aromatic carbocycles. The Bertz CT molecular complexity index is 716. The average molecular weight is 304 g/mol. The molecular weight excluding hydrogens is 292 g/mol. The molecule has 0 radical (unpaired) electrons. The van der Waals surface area contributed by atoms with E-state index in [4.69, 9.17) is 4.74 Å². The van der Waals surface area contributed by atoms with Gasteiger partial charge in [0.05, 0.1) is 16.4 Å². The predicted molar refractivity (Wildman–Crippen MR) is 80.9 cm³/mol. The van der Waals surface area contributed by atoms with Crippen LogP contribution in [-0.2, 0) is 4.74 Å². The van der Waals surface area contributed by atoms with Crippen molar-refractivity contribution < 1.29 is 14.3 Å². The highest BCUT2D eigenvalue weighted by Gasteiger charge is 2.36. The molecule has 0 saturated carbocycles. The number of ether oxygens (including phenoxy) is 1. The van der Waals surface area contributed by atoms with E-state index in [2.05, 4.69) is 0 Å². The molecule has 0 amide bonds. The lowest BCUT2D eigenvalue weighted by molar-refractivity contribution is 0.0533. The molecule has 2 aromatic rings. The summed E-state index contributed by atoms with van der Waals surface area (Å²) in [6.07, 6.45) is 1.91. The lowest BCUT2D eigenvalue weighted by Crippen LogP contribution is -2.03. The van der Waals surface area contributed by atoms with Crippen LogP contribution in [0.5, 0.6) is 0 Å². The van der Waals surface area contributed by atoms with Crippen LogP contribution in [0, 0.1) is 0 Å². The first-order chi connectivity index (χ1) is 9.69. The van der Waals surface area contributed by atoms with Crippen LogP contribution >= 0.6 is 23.1 Å². The summed E-state index contributed by atoms with van der Waals surface area (Å²) in [5.41, 5.74) is 2.92. The van der Waals surface area contributed by atoms with Gasteiger partial charge in [0.2, 0.25) is 0 Å². The number of hydrogen-bond acceptors (Lipinski definition) is 5. The summed E-state index contributed by atoms with van der Waals surface area (Å²) in [4.78, 5) is 25.2. The van der Waals surface area contributed by atoms with Crippen molar-refractivity contribution in [1.82, 2.24) is 0 Å². The number of hydrogen-bond donors (Lipinski definition) is 0. The van der Waals surface area contributed by atoms with E-state index >= 15 is 0 Å². The molecule has 1 aliphatic rings. The fourth-order valence-corrected chi connectivity index (χ4v) is 4.31. The van der Waals surface area contributed by atoms with Crippen LogP contribution in [0.15, 0.2) is 28.5 Å². The molecule has 0 N–H and O–H groups in total. The maximum Gasteiger partial charge on any atom is 0.349 e. The summed E-state index contributed by atoms with van der Waals surface area (Å²) in [5.74, 6) is -0.342. The van der Waals surface area contributed by atoms with Gasteiger partial charge in [-0.05, 0) is 18.7 Å². The number of esters is 1. The molecule has 0 aliphatic heterocycles. The fraction of sp³-hybridized carbons (Fsp3) is 0.200. The molecule has 0 fully saturated rings. The number of carbonyl (C=O) groups is 2. The first-order valence-electron chi connectivity index (χ1n) is 6.21. The van der Waals surface area contributed by atoms with E-state index in [-0.39, 0.29) is 11.8 Å². The van der Waals surface area contributed by atoms with Crippen LogP contribution in [0.4, 0.5) is 0 Å². The predicted octanol–water partition coefficient (Wildman–Crippen LogP) is 3.86. The molecule has 0 unspecified atom stereocenters. The van der Waals surface area contributed by atoms with Crippen molar-refractivity contribution >= 4 is 34.9 Å². The number of fused-ring (bicyclic) bond motifs is 3. The van der Waals surface area contributed by atoms with Crippen molar-refractivity contribution in [2.75, 3.05) is 12.9 Å². The number of carbonyl (C=O) groups excluding carboxylic acids is 2. The van der Waals surface area contributed by atoms with Crippen molar-refractivity contribution in [2.45, 2.75) is 11.1 Å². The SMILES string of the molecule is CCOC(=O)c1sc(SC)c2c1-c1ccccc1C2=O. The van der Waals surface area contributed by atoms with Gasteiger partial charge in [-0.15, -0.1) is 23.1 Å². The summed E-state index contributed by atoms with van der Waals surface area (Å²) >= 11 is 2.84. The standard InChI is InChI=1S/C15H12O3S2/c1-3-18-14(17)13-10-8-6-4-5-7-9(8)12(16)11(10)15(19-2)20-13/h4-7H,3H2,1-2H3. The van der Waals surface area contributed by atoms with Crippen molar-refractivity contribution in [3.05, 3.63) is 40.3 Å². The van der Waals surface area contributed by atoms with Crippen LogP contribution in [-0.4, -0.2) is 24.6 Å². The second kappa shape index (κ2) is 5.07. The zero-order valence-corrected chi connectivity index (χ0v) is 12.7. The maximum atomic E-state index is 12.5. The van der Waals surface area contributed by atoms with Crippen LogP contribution in [0.25, 0.3) is 11.1 Å². The van der Waals surface area contributed by atoms with E-state index in [0.717, 1.165) is 15.3 Å². The zero-order valence-electron chi connectivity index (χ0n) is 11.1. The number of ketones is 1. The first kappa shape index (κ1) is 13.4. The quantitative estimate of drug-likeness (QED) is 0.544. The van der Waals surface area contributed by atoms with Crippen LogP contribution in [0.3, 0.4) is 0 Å². The molecule has 1 aromatic heterocycles. The lowest BCUT2D eigenvalue weighted by atomic mass is 10.1. The zero-order chi connectivity index (χ0) is 14.3. The number of benzene rings is 1. The highest BCUT2D eigenvalue weighted by atomic mass is 32.2. The lowest BCUT2D eigenvalue weighted by Gasteiger charge is -2.02. The van der Waals surface area contributed by atoms with E-state index < -0.39 is 0 Å². The summed E-state index contributed by atoms with van der Waals surface area (Å²) in [7, 11) is 0. The van der Waals surface area contributed by atoms with Crippen LogP contribution in [0.2, 0.25) is 0 Å². The number of thiophene rings is 1. The van der Waals surface area contributed by atoms with E-state index in [0.29, 0.717) is 22.6 Å². The Morgan fingerprint density at radius 2 is 1.95 bits per heavy atom. The topological polar surface area (TPSA) is 43.4 Å². The van der Waals surface area contributed by atoms with E-state index in [9.17, 15) is 9.59 Å². The molecule has 3 nitrogen and oxygen atoms in total. The highest BCUT2D eigenvalue weighted by Crippen LogP contribution is 2.48. The molecular formula is C15H12O3S2. The monoisotopic (exact) mass is 304 g/mol. The normalized spacial score (nSPS) is 12.2. The summed E-state index contributed by atoms with van der Waals surface area (Å²) < 4.78 is 5.99. The minimum atomic E-state index is -0.349. The fourth-order valence-electron chi connectivity index (χ4n) is 2.39. The molecule has 1 aliphatic carbocycles. The molecule has 1 heterocycles. The van der Waals surface area contributed by atoms with Gasteiger partial charge in [0.25, 0.3) is 0 Å². The second-order valence-electron chi connectivity index (χ2n) is 4.27. The molecule has 5 heteroatoms. The molecule has 20 heavy (non-hydrogen) atoms. The third-order valence-electron chi connectivity index (χ3n) is 3.19. The molecule has 0 saturated heterocycles. The number of thioether (sulfide) groups is 1. The molecule has 3 rings (SSSR count). The van der Waals surface area contributed by atoms with E-state index in [1.807, 2.05) is 24.5 Å². The summed E-state index contributed by atoms with van der Waals surface area (Å²) in [6, 6.07) is 7.42. The molecule has 0 atom stereocenters. The third kappa shape index (κ3) is 1.81. The van der Waals surface area contributed by atoms with Gasteiger partial charge < -0.3 is 4.74 Å². The minimum absolute atomic E-state index is 0.00625. The second-order valence-corrected chi connectivity index (χ2v) is 6.36. The number of rotatable bonds is 3. The minimum Gasteiger partial charge on any atom is -0.462 e. The smallest absolute Gasteiger partial charge is 0.349 e. The molecule has 0 bridgehead atoms. The van der Waals surface area contributed by atoms with Gasteiger partial charge >= 0.3 is 5.97 Å². The van der Waals surface area contributed by atoms with Crippen molar-refractivity contribution in [1.29, 1.82) is 0 Å². The van der Waals surface area contributed by atoms with Gasteiger partial charge in [0, 0.05) is 11.1 Å². The molecule has 102 valence electrons. The van der Waals surface area contributed by atoms with Gasteiger partial charge in [-0.1, -0.05) is 24.3 Å². The van der Waals surface area contributed by atoms with Gasteiger partial charge in [0.1, 0.15) is 4.88 Å². The maximum absolute atomic E-state index is 12.5. The van der Waals surface area contributed by atoms with Gasteiger partial charge in [-0.3, -0.25) is 4.79 Å². The summed E-state index contributed by atoms with van der Waals surface area (Å²) in [6.45, 7) is 2.11. The van der Waals surface area contributed by atoms with Crippen LogP contribution in [0.1, 0.15) is 32.5 Å². The molecule has 0 spiro atoms. The van der Waals surface area contributed by atoms with Gasteiger partial charge in [0.15, 0.2) is 5.78 Å². The Balaban J connectivity index is 2.26. The third-order valence-corrected chi connectivity index (χ3v) is 5.48. The Kier molecular flexibility index (Phi) is 3.40. The van der Waals surface area contributed by atoms with Gasteiger partial charge in [-0.25, -0.2) is 4.79 Å². The first-order valence-corrected chi connectivity index (χ1v) is 8.25. The van der Waals surface area contributed by atoms with Crippen molar-refractivity contribution in [2.24, 2.45) is 0 Å². The van der Waals surface area contributed by atoms with E-state index in [1.165, 1.54) is 23.1 Å². The largest absolute Gasteiger partial charge is 0.462 e. The van der Waals surface area contributed by atoms with Crippen LogP contribution < -0.4 is 0 Å². The van der Waals surface area contributed by atoms with Crippen molar-refractivity contribution in [3.63, 3.8) is 0 Å². The van der Waals surface area contributed by atoms with Crippen molar-refractivity contribution in [3.8, 4) is 11.1 Å². The Labute approximate surface area is 125 Å².